The third-order valence-corrected chi connectivity index (χ3v) is 4.72. The van der Waals surface area contributed by atoms with Crippen LogP contribution in [0, 0.1) is 16.0 Å². The zero-order chi connectivity index (χ0) is 17.1. The summed E-state index contributed by atoms with van der Waals surface area (Å²) < 4.78 is 1.11. The molecule has 1 aromatic heterocycles. The van der Waals surface area contributed by atoms with Crippen LogP contribution >= 0.6 is 0 Å². The summed E-state index contributed by atoms with van der Waals surface area (Å²) in [4.78, 5) is 36.1. The second kappa shape index (κ2) is 7.12. The third-order valence-electron chi connectivity index (χ3n) is 4.72. The third kappa shape index (κ3) is 4.19. The van der Waals surface area contributed by atoms with Gasteiger partial charge in [0.1, 0.15) is 6.54 Å². The van der Waals surface area contributed by atoms with Crippen LogP contribution in [0.1, 0.15) is 25.7 Å². The molecule has 0 aromatic carbocycles. The fourth-order valence-electron chi connectivity index (χ4n) is 2.98. The highest BCUT2D eigenvalue weighted by Gasteiger charge is 2.26. The summed E-state index contributed by atoms with van der Waals surface area (Å²) in [7, 11) is 0. The quantitative estimate of drug-likeness (QED) is 0.611. The Balaban J connectivity index is 1.53. The molecule has 1 aliphatic heterocycles. The van der Waals surface area contributed by atoms with Crippen molar-refractivity contribution in [3.63, 3.8) is 0 Å². The van der Waals surface area contributed by atoms with Crippen molar-refractivity contribution in [2.24, 2.45) is 5.92 Å². The first-order chi connectivity index (χ1) is 11.5. The lowest BCUT2D eigenvalue weighted by Crippen LogP contribution is -2.46. The van der Waals surface area contributed by atoms with Gasteiger partial charge in [-0.15, -0.1) is 0 Å². The molecular formula is C16H22N4O4. The van der Waals surface area contributed by atoms with E-state index in [1.54, 1.807) is 4.90 Å². The van der Waals surface area contributed by atoms with E-state index in [1.807, 2.05) is 0 Å². The number of rotatable bonds is 6. The fourth-order valence-corrected chi connectivity index (χ4v) is 2.98. The number of aromatic nitrogens is 1. The lowest BCUT2D eigenvalue weighted by atomic mass is 10.0. The Morgan fingerprint density at radius 2 is 1.96 bits per heavy atom. The highest BCUT2D eigenvalue weighted by molar-refractivity contribution is 5.76. The number of hydrogen-bond donors (Lipinski definition) is 1. The molecule has 24 heavy (non-hydrogen) atoms. The van der Waals surface area contributed by atoms with E-state index in [9.17, 15) is 19.7 Å². The summed E-state index contributed by atoms with van der Waals surface area (Å²) >= 11 is 0. The highest BCUT2D eigenvalue weighted by Crippen LogP contribution is 2.28. The summed E-state index contributed by atoms with van der Waals surface area (Å²) in [6.45, 7) is 2.23. The maximum absolute atomic E-state index is 12.4. The van der Waals surface area contributed by atoms with E-state index in [2.05, 4.69) is 5.32 Å². The minimum atomic E-state index is -0.572. The van der Waals surface area contributed by atoms with Gasteiger partial charge in [0.25, 0.3) is 11.2 Å². The first-order valence-electron chi connectivity index (χ1n) is 8.39. The standard InChI is InChI=1S/C16H22N4O4/c21-15-4-3-14(20(23)24)10-19(15)11-16(22)18-7-5-13(6-8-18)17-9-12-1-2-12/h3-4,10,12-13,17H,1-2,5-9,11H2. The summed E-state index contributed by atoms with van der Waals surface area (Å²) in [6, 6.07) is 2.73. The first kappa shape index (κ1) is 16.6. The van der Waals surface area contributed by atoms with Crippen LogP contribution in [0.2, 0.25) is 0 Å². The van der Waals surface area contributed by atoms with E-state index in [0.29, 0.717) is 19.1 Å². The van der Waals surface area contributed by atoms with E-state index in [0.717, 1.165) is 48.2 Å². The Morgan fingerprint density at radius 3 is 2.58 bits per heavy atom. The zero-order valence-corrected chi connectivity index (χ0v) is 13.5. The van der Waals surface area contributed by atoms with Crippen LogP contribution in [0.3, 0.4) is 0 Å². The molecule has 2 heterocycles. The molecule has 2 fully saturated rings. The molecule has 0 atom stereocenters. The minimum Gasteiger partial charge on any atom is -0.341 e. The van der Waals surface area contributed by atoms with Gasteiger partial charge in [0.2, 0.25) is 5.91 Å². The van der Waals surface area contributed by atoms with E-state index in [1.165, 1.54) is 12.8 Å². The van der Waals surface area contributed by atoms with Gasteiger partial charge in [-0.2, -0.15) is 0 Å². The number of nitrogens with zero attached hydrogens (tertiary/aromatic N) is 3. The molecule has 8 heteroatoms. The van der Waals surface area contributed by atoms with Crippen LogP contribution < -0.4 is 10.9 Å². The maximum Gasteiger partial charge on any atom is 0.285 e. The smallest absolute Gasteiger partial charge is 0.285 e. The average Bonchev–Trinajstić information content (AvgIpc) is 3.39. The Hall–Kier alpha value is -2.22. The number of nitro groups is 1. The molecule has 1 saturated carbocycles. The summed E-state index contributed by atoms with van der Waals surface area (Å²) in [5.41, 5.74) is -0.597. The maximum atomic E-state index is 12.4. The first-order valence-corrected chi connectivity index (χ1v) is 8.39. The molecule has 1 amide bonds. The predicted octanol–water partition coefficient (Wildman–Crippen LogP) is 0.747. The Labute approximate surface area is 139 Å². The number of likely N-dealkylation sites (tertiary alicyclic amines) is 1. The molecule has 3 rings (SSSR count). The topological polar surface area (TPSA) is 97.5 Å². The highest BCUT2D eigenvalue weighted by atomic mass is 16.6. The Kier molecular flexibility index (Phi) is 4.94. The lowest BCUT2D eigenvalue weighted by molar-refractivity contribution is -0.385. The lowest BCUT2D eigenvalue weighted by Gasteiger charge is -2.32. The van der Waals surface area contributed by atoms with Gasteiger partial charge in [-0.25, -0.2) is 0 Å². The molecule has 0 radical (unpaired) electrons. The SMILES string of the molecule is O=C(Cn1cc([N+](=O)[O-])ccc1=O)N1CCC(NCC2CC2)CC1. The molecule has 1 saturated heterocycles. The number of carbonyl (C=O) groups is 1. The largest absolute Gasteiger partial charge is 0.341 e. The molecule has 0 bridgehead atoms. The van der Waals surface area contributed by atoms with Crippen LogP contribution in [0.25, 0.3) is 0 Å². The molecular weight excluding hydrogens is 312 g/mol. The number of amides is 1. The van der Waals surface area contributed by atoms with Crippen molar-refractivity contribution in [3.05, 3.63) is 38.8 Å². The number of carbonyl (C=O) groups excluding carboxylic acids is 1. The second-order valence-corrected chi connectivity index (χ2v) is 6.62. The molecule has 1 aromatic rings. The van der Waals surface area contributed by atoms with Crippen LogP contribution in [0.4, 0.5) is 5.69 Å². The molecule has 0 unspecified atom stereocenters. The number of pyridine rings is 1. The average molecular weight is 334 g/mol. The van der Waals surface area contributed by atoms with Gasteiger partial charge in [0.15, 0.2) is 0 Å². The minimum absolute atomic E-state index is 0.152. The Bertz CT molecular complexity index is 675. The van der Waals surface area contributed by atoms with E-state index in [-0.39, 0.29) is 18.1 Å². The van der Waals surface area contributed by atoms with Crippen molar-refractivity contribution in [1.29, 1.82) is 0 Å². The van der Waals surface area contributed by atoms with E-state index < -0.39 is 10.5 Å². The molecule has 0 spiro atoms. The number of piperidine rings is 1. The van der Waals surface area contributed by atoms with Crippen LogP contribution in [0.15, 0.2) is 23.1 Å². The summed E-state index contributed by atoms with van der Waals surface area (Å²) in [5, 5.41) is 14.3. The van der Waals surface area contributed by atoms with Crippen molar-refractivity contribution >= 4 is 11.6 Å². The predicted molar refractivity (Wildman–Crippen MR) is 87.7 cm³/mol. The van der Waals surface area contributed by atoms with E-state index >= 15 is 0 Å². The fraction of sp³-hybridized carbons (Fsp3) is 0.625. The van der Waals surface area contributed by atoms with Gasteiger partial charge < -0.3 is 10.2 Å². The van der Waals surface area contributed by atoms with Crippen molar-refractivity contribution in [1.82, 2.24) is 14.8 Å². The summed E-state index contributed by atoms with van der Waals surface area (Å²) in [5.74, 6) is 0.670. The number of hydrogen-bond acceptors (Lipinski definition) is 5. The molecule has 130 valence electrons. The van der Waals surface area contributed by atoms with Gasteiger partial charge in [-0.05, 0) is 38.1 Å². The molecule has 8 nitrogen and oxygen atoms in total. The van der Waals surface area contributed by atoms with Gasteiger partial charge in [-0.3, -0.25) is 24.3 Å². The normalized spacial score (nSPS) is 18.6. The zero-order valence-electron chi connectivity index (χ0n) is 13.5. The number of nitrogens with one attached hydrogen (secondary N) is 1. The van der Waals surface area contributed by atoms with Crippen LogP contribution in [0.5, 0.6) is 0 Å². The van der Waals surface area contributed by atoms with Gasteiger partial charge in [0, 0.05) is 31.3 Å². The van der Waals surface area contributed by atoms with Crippen LogP contribution in [-0.4, -0.2) is 46.0 Å². The monoisotopic (exact) mass is 334 g/mol. The Morgan fingerprint density at radius 1 is 1.25 bits per heavy atom. The second-order valence-electron chi connectivity index (χ2n) is 6.62. The van der Waals surface area contributed by atoms with E-state index in [4.69, 9.17) is 0 Å². The van der Waals surface area contributed by atoms with Crippen molar-refractivity contribution in [2.45, 2.75) is 38.3 Å². The van der Waals surface area contributed by atoms with Crippen molar-refractivity contribution in [2.75, 3.05) is 19.6 Å². The van der Waals surface area contributed by atoms with Gasteiger partial charge >= 0.3 is 0 Å². The van der Waals surface area contributed by atoms with Gasteiger partial charge in [-0.1, -0.05) is 0 Å². The van der Waals surface area contributed by atoms with Crippen LogP contribution in [-0.2, 0) is 11.3 Å². The van der Waals surface area contributed by atoms with Crippen molar-refractivity contribution in [3.8, 4) is 0 Å². The molecule has 1 aliphatic carbocycles. The molecule has 1 N–H and O–H groups in total. The van der Waals surface area contributed by atoms with Gasteiger partial charge in [0.05, 0.1) is 11.1 Å². The summed E-state index contributed by atoms with van der Waals surface area (Å²) in [6.07, 6.45) is 5.58. The molecule has 2 aliphatic rings. The van der Waals surface area contributed by atoms with Crippen molar-refractivity contribution < 1.29 is 9.72 Å².